The van der Waals surface area contributed by atoms with Crippen LogP contribution in [0.25, 0.3) is 22.3 Å². The first-order valence-corrected chi connectivity index (χ1v) is 19.9. The molecule has 21 heteroatoms. The zero-order chi connectivity index (χ0) is 42.6. The average Bonchev–Trinajstić information content (AvgIpc) is 3.61. The smallest absolute Gasteiger partial charge is 0.214 e. The van der Waals surface area contributed by atoms with Crippen LogP contribution in [0.2, 0.25) is 51.0 Å². The number of carbonyl (C=O) groups excluding carboxylic acids is 1. The van der Waals surface area contributed by atoms with Gasteiger partial charge in [0.1, 0.15) is 49.3 Å². The quantitative estimate of drug-likeness (QED) is 0.159. The normalized spacial score (nSPS) is 11.0. The second-order valence-corrected chi connectivity index (χ2v) is 15.3. The van der Waals surface area contributed by atoms with Crippen LogP contribution in [0.5, 0.6) is 0 Å². The van der Waals surface area contributed by atoms with Gasteiger partial charge in [0.25, 0.3) is 0 Å². The number of aromatic nitrogens is 9. The van der Waals surface area contributed by atoms with E-state index in [0.29, 0.717) is 41.5 Å². The van der Waals surface area contributed by atoms with Crippen molar-refractivity contribution in [2.24, 2.45) is 0 Å². The summed E-state index contributed by atoms with van der Waals surface area (Å²) < 4.78 is 0. The number of halogens is 10. The topological polar surface area (TPSA) is 156 Å². The van der Waals surface area contributed by atoms with Gasteiger partial charge in [-0.1, -0.05) is 152 Å². The summed E-state index contributed by atoms with van der Waals surface area (Å²) in [6.45, 7) is 0. The van der Waals surface area contributed by atoms with E-state index in [1.165, 1.54) is 30.9 Å². The van der Waals surface area contributed by atoms with E-state index >= 15 is 0 Å². The summed E-state index contributed by atoms with van der Waals surface area (Å²) in [5.74, 6) is -0.346. The summed E-state index contributed by atoms with van der Waals surface area (Å²) in [6.07, 6.45) is 6.07. The molecule has 0 radical (unpaired) electrons. The van der Waals surface area contributed by atoms with Crippen molar-refractivity contribution in [3.63, 3.8) is 0 Å². The Balaban J connectivity index is 0.000000154. The highest BCUT2D eigenvalue weighted by Gasteiger charge is 2.18. The lowest BCUT2D eigenvalue weighted by Gasteiger charge is -2.11. The fourth-order valence-electron chi connectivity index (χ4n) is 4.68. The number of ketones is 1. The predicted octanol–water partition coefficient (Wildman–Crippen LogP) is 12.9. The van der Waals surface area contributed by atoms with E-state index in [0.717, 1.165) is 22.3 Å². The second kappa shape index (κ2) is 22.1. The molecule has 8 rings (SSSR count). The second-order valence-electron chi connectivity index (χ2n) is 11.3. The lowest BCUT2D eigenvalue weighted by molar-refractivity contribution is 0.103. The zero-order valence-corrected chi connectivity index (χ0v) is 36.7. The zero-order valence-electron chi connectivity index (χ0n) is 29.2. The molecule has 300 valence electrons. The number of benzene rings is 3. The molecule has 0 saturated carbocycles. The number of rotatable bonds is 5. The molecule has 0 spiro atoms. The number of pyridine rings is 1. The molecule has 0 saturated heterocycles. The largest absolute Gasteiger partial charge is 0.382 e. The number of hydrogen-bond acceptors (Lipinski definition) is 10. The third kappa shape index (κ3) is 13.5. The molecule has 1 atom stereocenters. The first kappa shape index (κ1) is 46.1. The number of hydrogen-bond donors (Lipinski definition) is 2. The van der Waals surface area contributed by atoms with Crippen LogP contribution < -0.4 is 0 Å². The molecule has 2 N–H and O–H groups in total. The molecule has 0 aliphatic rings. The number of aliphatic hydroxyl groups is 1. The molecule has 11 nitrogen and oxygen atoms in total. The third-order valence-corrected chi connectivity index (χ3v) is 9.38. The molecule has 3 aromatic carbocycles. The maximum absolute atomic E-state index is 12.0. The minimum atomic E-state index is -0.981. The van der Waals surface area contributed by atoms with Gasteiger partial charge in [-0.15, -0.1) is 0 Å². The number of aliphatic hydroxyl groups excluding tert-OH is 1. The molecule has 1 unspecified atom stereocenters. The van der Waals surface area contributed by atoms with Crippen molar-refractivity contribution in [3.8, 4) is 11.3 Å². The van der Waals surface area contributed by atoms with E-state index in [4.69, 9.17) is 116 Å². The molecule has 0 aliphatic heterocycles. The Labute approximate surface area is 385 Å². The summed E-state index contributed by atoms with van der Waals surface area (Å²) in [6, 6.07) is 22.6. The van der Waals surface area contributed by atoms with E-state index in [1.54, 1.807) is 54.7 Å². The Morgan fingerprint density at radius 3 is 1.76 bits per heavy atom. The highest BCUT2D eigenvalue weighted by atomic mass is 35.5. The molecule has 0 amide bonds. The fourth-order valence-corrected chi connectivity index (χ4v) is 6.58. The van der Waals surface area contributed by atoms with Crippen LogP contribution in [-0.2, 0) is 0 Å². The summed E-state index contributed by atoms with van der Waals surface area (Å²) in [4.78, 5) is 39.0. The molecule has 0 bridgehead atoms. The van der Waals surface area contributed by atoms with E-state index in [2.05, 4.69) is 45.1 Å². The van der Waals surface area contributed by atoms with Gasteiger partial charge in [0.2, 0.25) is 5.78 Å². The van der Waals surface area contributed by atoms with Crippen LogP contribution in [0.3, 0.4) is 0 Å². The number of H-pyrrole nitrogens is 1. The highest BCUT2D eigenvalue weighted by molar-refractivity contribution is 6.36. The molecular formula is C38H21Cl10N9O2. The van der Waals surface area contributed by atoms with Gasteiger partial charge in [-0.3, -0.25) is 24.8 Å². The Kier molecular flexibility index (Phi) is 17.2. The summed E-state index contributed by atoms with van der Waals surface area (Å²) in [5.41, 5.74) is 4.60. The van der Waals surface area contributed by atoms with Gasteiger partial charge in [0, 0.05) is 32.4 Å². The Bertz CT molecular complexity index is 2710. The van der Waals surface area contributed by atoms with Gasteiger partial charge in [-0.05, 0) is 48.0 Å². The van der Waals surface area contributed by atoms with Crippen molar-refractivity contribution in [2.75, 3.05) is 0 Å². The van der Waals surface area contributed by atoms with Gasteiger partial charge >= 0.3 is 0 Å². The Morgan fingerprint density at radius 1 is 0.576 bits per heavy atom. The van der Waals surface area contributed by atoms with Crippen LogP contribution in [0.1, 0.15) is 33.4 Å². The van der Waals surface area contributed by atoms with Crippen LogP contribution in [0.4, 0.5) is 0 Å². The maximum atomic E-state index is 12.0. The minimum Gasteiger partial charge on any atom is -0.382 e. The van der Waals surface area contributed by atoms with Crippen molar-refractivity contribution in [1.82, 2.24) is 45.1 Å². The molecule has 0 aliphatic carbocycles. The summed E-state index contributed by atoms with van der Waals surface area (Å²) in [7, 11) is 0. The number of nitrogens with one attached hydrogen (secondary N) is 1. The lowest BCUT2D eigenvalue weighted by Crippen LogP contribution is -2.06. The van der Waals surface area contributed by atoms with Crippen molar-refractivity contribution in [1.29, 1.82) is 0 Å². The van der Waals surface area contributed by atoms with Crippen molar-refractivity contribution in [3.05, 3.63) is 183 Å². The lowest BCUT2D eigenvalue weighted by atomic mass is 10.1. The van der Waals surface area contributed by atoms with E-state index in [1.807, 2.05) is 24.3 Å². The minimum absolute atomic E-state index is 0.0255. The van der Waals surface area contributed by atoms with Gasteiger partial charge in [-0.25, -0.2) is 19.9 Å². The van der Waals surface area contributed by atoms with Crippen LogP contribution >= 0.6 is 116 Å². The van der Waals surface area contributed by atoms with Gasteiger partial charge in [-0.2, -0.15) is 5.10 Å². The molecule has 5 aromatic heterocycles. The number of fused-ring (bicyclic) bond motifs is 1. The van der Waals surface area contributed by atoms with Crippen molar-refractivity contribution >= 4 is 133 Å². The van der Waals surface area contributed by atoms with Gasteiger partial charge in [0.05, 0.1) is 35.3 Å². The first-order valence-electron chi connectivity index (χ1n) is 16.2. The molecule has 59 heavy (non-hydrogen) atoms. The highest BCUT2D eigenvalue weighted by Crippen LogP contribution is 2.29. The molecule has 0 fully saturated rings. The van der Waals surface area contributed by atoms with Crippen LogP contribution in [0.15, 0.2) is 110 Å². The first-order chi connectivity index (χ1) is 28.2. The number of carbonyl (C=O) groups is 1. The van der Waals surface area contributed by atoms with Crippen LogP contribution in [-0.4, -0.2) is 56.0 Å². The SMILES string of the molecule is Clc1cccc(-c2n[nH]c3cc(Cl)cnc23)c1.Clc1cncc(Cl)n1.O=C(c1cccc(Cl)c1)c1ncc(Cl)nc1Cl.OC(c1cccc(Cl)c1)c1ncc(Cl)nc1Cl. The van der Waals surface area contributed by atoms with Crippen molar-refractivity contribution in [2.45, 2.75) is 6.10 Å². The van der Waals surface area contributed by atoms with Gasteiger partial charge in [0.15, 0.2) is 10.3 Å². The number of aromatic amines is 1. The predicted molar refractivity (Wildman–Crippen MR) is 236 cm³/mol. The molecular weight excluding hydrogens is 969 g/mol. The summed E-state index contributed by atoms with van der Waals surface area (Å²) >= 11 is 57.1. The Morgan fingerprint density at radius 2 is 1.17 bits per heavy atom. The van der Waals surface area contributed by atoms with Crippen molar-refractivity contribution < 1.29 is 9.90 Å². The summed E-state index contributed by atoms with van der Waals surface area (Å²) in [5, 5.41) is 20.5. The molecule has 5 heterocycles. The van der Waals surface area contributed by atoms with E-state index in [9.17, 15) is 9.90 Å². The van der Waals surface area contributed by atoms with E-state index < -0.39 is 6.10 Å². The monoisotopic (exact) mass is 985 g/mol. The number of nitrogens with zero attached hydrogens (tertiary/aromatic N) is 8. The molecule has 8 aromatic rings. The Hall–Kier alpha value is -3.95. The van der Waals surface area contributed by atoms with E-state index in [-0.39, 0.29) is 37.8 Å². The van der Waals surface area contributed by atoms with Crippen LogP contribution in [0, 0.1) is 0 Å². The van der Waals surface area contributed by atoms with Gasteiger partial charge < -0.3 is 5.11 Å². The fraction of sp³-hybridized carbons (Fsp3) is 0.0263. The average molecular weight is 990 g/mol. The maximum Gasteiger partial charge on any atom is 0.214 e. The third-order valence-electron chi connectivity index (χ3n) is 7.19. The standard InChI is InChI=1S/C12H7Cl2N3.C11H7Cl3N2O.C11H5Cl3N2O.C4H2Cl2N2/c13-8-3-1-2-7(4-8)11-12-10(16-17-11)5-9(14)6-15-12;2*12-7-3-1-2-6(4-7)10(17)9-11(14)16-8(13)5-15-9;5-3-1-7-2-4(6)8-3/h1-6H,(H,16,17);1-5,10,17H;1-5H;1-2H.